The highest BCUT2D eigenvalue weighted by Gasteiger charge is 2.26. The molecule has 0 amide bonds. The third kappa shape index (κ3) is 4.86. The summed E-state index contributed by atoms with van der Waals surface area (Å²) in [5.41, 5.74) is 3.74. The number of fused-ring (bicyclic) bond motifs is 1. The maximum Gasteiger partial charge on any atom is 0.329 e. The molecular weight excluding hydrogens is 455 g/mol. The van der Waals surface area contributed by atoms with Crippen LogP contribution in [0.4, 0.5) is 4.39 Å². The Morgan fingerprint density at radius 3 is 2.31 bits per heavy atom. The zero-order valence-corrected chi connectivity index (χ0v) is 19.9. The SMILES string of the molecule is N#Cc1cccc(Cn2c(=O)n(CCN3CCC(C(=O)c4ccc(F)cc4)CC3)c3ccccc32)c1. The van der Waals surface area contributed by atoms with E-state index >= 15 is 0 Å². The fraction of sp³-hybridized carbons (Fsp3) is 0.276. The Bertz CT molecular complexity index is 1490. The molecule has 7 heteroatoms. The Morgan fingerprint density at radius 2 is 1.61 bits per heavy atom. The molecule has 1 aromatic heterocycles. The van der Waals surface area contributed by atoms with Gasteiger partial charge in [-0.3, -0.25) is 13.9 Å². The monoisotopic (exact) mass is 482 g/mol. The number of piperidine rings is 1. The minimum Gasteiger partial charge on any atom is -0.302 e. The molecule has 6 nitrogen and oxygen atoms in total. The van der Waals surface area contributed by atoms with Crippen molar-refractivity contribution in [3.05, 3.63) is 106 Å². The van der Waals surface area contributed by atoms with Crippen LogP contribution < -0.4 is 5.69 Å². The highest BCUT2D eigenvalue weighted by molar-refractivity contribution is 5.97. The summed E-state index contributed by atoms with van der Waals surface area (Å²) in [5.74, 6) is -0.316. The minimum atomic E-state index is -0.339. The molecule has 1 fully saturated rings. The van der Waals surface area contributed by atoms with E-state index in [9.17, 15) is 19.2 Å². The third-order valence-electron chi connectivity index (χ3n) is 7.05. The lowest BCUT2D eigenvalue weighted by molar-refractivity contribution is 0.0837. The van der Waals surface area contributed by atoms with Gasteiger partial charge in [0.25, 0.3) is 0 Å². The van der Waals surface area contributed by atoms with Gasteiger partial charge in [-0.15, -0.1) is 0 Å². The topological polar surface area (TPSA) is 71.0 Å². The molecule has 182 valence electrons. The number of ketones is 1. The maximum atomic E-state index is 13.4. The molecule has 0 saturated carbocycles. The summed E-state index contributed by atoms with van der Waals surface area (Å²) >= 11 is 0. The second kappa shape index (κ2) is 10.3. The van der Waals surface area contributed by atoms with Crippen molar-refractivity contribution in [3.8, 4) is 6.07 Å². The van der Waals surface area contributed by atoms with Gasteiger partial charge in [0.2, 0.25) is 0 Å². The zero-order chi connectivity index (χ0) is 25.1. The van der Waals surface area contributed by atoms with E-state index in [2.05, 4.69) is 11.0 Å². The number of nitrogens with zero attached hydrogens (tertiary/aromatic N) is 4. The van der Waals surface area contributed by atoms with Gasteiger partial charge >= 0.3 is 5.69 Å². The molecule has 0 atom stereocenters. The Balaban J connectivity index is 1.27. The van der Waals surface area contributed by atoms with Gasteiger partial charge in [0.05, 0.1) is 29.2 Å². The molecule has 3 aromatic carbocycles. The number of rotatable bonds is 7. The summed E-state index contributed by atoms with van der Waals surface area (Å²) in [6.07, 6.45) is 1.50. The molecule has 0 bridgehead atoms. The molecule has 5 rings (SSSR count). The second-order valence-corrected chi connectivity index (χ2v) is 9.31. The predicted octanol–water partition coefficient (Wildman–Crippen LogP) is 4.46. The lowest BCUT2D eigenvalue weighted by atomic mass is 9.89. The summed E-state index contributed by atoms with van der Waals surface area (Å²) in [4.78, 5) is 28.5. The molecule has 0 N–H and O–H groups in total. The molecule has 36 heavy (non-hydrogen) atoms. The number of hydrogen-bond donors (Lipinski definition) is 0. The van der Waals surface area contributed by atoms with Gasteiger partial charge in [0, 0.05) is 24.6 Å². The van der Waals surface area contributed by atoms with Crippen LogP contribution in [0, 0.1) is 23.1 Å². The van der Waals surface area contributed by atoms with Gasteiger partial charge in [-0.1, -0.05) is 24.3 Å². The van der Waals surface area contributed by atoms with Crippen LogP contribution in [-0.4, -0.2) is 39.5 Å². The summed E-state index contributed by atoms with van der Waals surface area (Å²) < 4.78 is 16.8. The zero-order valence-electron chi connectivity index (χ0n) is 19.9. The lowest BCUT2D eigenvalue weighted by Gasteiger charge is -2.31. The molecule has 0 aliphatic carbocycles. The number of Topliss-reactive ketones (excluding diaryl/α,β-unsaturated/α-hetero) is 1. The number of benzene rings is 3. The average molecular weight is 483 g/mol. The van der Waals surface area contributed by atoms with Crippen molar-refractivity contribution in [3.63, 3.8) is 0 Å². The normalized spacial score (nSPS) is 14.7. The van der Waals surface area contributed by atoms with Crippen LogP contribution in [0.25, 0.3) is 11.0 Å². The van der Waals surface area contributed by atoms with E-state index in [1.54, 1.807) is 22.8 Å². The number of aromatic nitrogens is 2. The first-order valence-electron chi connectivity index (χ1n) is 12.2. The van der Waals surface area contributed by atoms with Crippen LogP contribution in [0.15, 0.2) is 77.6 Å². The molecule has 4 aromatic rings. The lowest BCUT2D eigenvalue weighted by Crippen LogP contribution is -2.39. The maximum absolute atomic E-state index is 13.4. The number of imidazole rings is 1. The van der Waals surface area contributed by atoms with Crippen molar-refractivity contribution < 1.29 is 9.18 Å². The number of hydrogen-bond acceptors (Lipinski definition) is 4. The number of halogens is 1. The minimum absolute atomic E-state index is 0.0551. The summed E-state index contributed by atoms with van der Waals surface area (Å²) in [5, 5.41) is 9.21. The number of carbonyl (C=O) groups is 1. The highest BCUT2D eigenvalue weighted by atomic mass is 19.1. The van der Waals surface area contributed by atoms with Gasteiger partial charge in [0.1, 0.15) is 5.82 Å². The molecule has 0 spiro atoms. The van der Waals surface area contributed by atoms with Crippen molar-refractivity contribution in [2.75, 3.05) is 19.6 Å². The fourth-order valence-electron chi connectivity index (χ4n) is 5.07. The van der Waals surface area contributed by atoms with E-state index in [4.69, 9.17) is 0 Å². The van der Waals surface area contributed by atoms with Crippen LogP contribution in [0.5, 0.6) is 0 Å². The van der Waals surface area contributed by atoms with Crippen molar-refractivity contribution in [1.29, 1.82) is 5.26 Å². The predicted molar refractivity (Wildman–Crippen MR) is 136 cm³/mol. The van der Waals surface area contributed by atoms with Gasteiger partial charge < -0.3 is 4.90 Å². The van der Waals surface area contributed by atoms with E-state index in [1.165, 1.54) is 12.1 Å². The van der Waals surface area contributed by atoms with Crippen LogP contribution in [0.1, 0.15) is 34.3 Å². The largest absolute Gasteiger partial charge is 0.329 e. The van der Waals surface area contributed by atoms with Crippen LogP contribution in [-0.2, 0) is 13.1 Å². The summed E-state index contributed by atoms with van der Waals surface area (Å²) in [6.45, 7) is 3.24. The fourth-order valence-corrected chi connectivity index (χ4v) is 5.07. The Morgan fingerprint density at radius 1 is 0.917 bits per heavy atom. The number of likely N-dealkylation sites (tertiary alicyclic amines) is 1. The first kappa shape index (κ1) is 23.7. The Labute approximate surface area is 208 Å². The van der Waals surface area contributed by atoms with Gasteiger partial charge in [-0.25, -0.2) is 9.18 Å². The Hall–Kier alpha value is -4.02. The molecule has 2 heterocycles. The standard InChI is InChI=1S/C29H27FN4O2/c30-25-10-8-23(9-11-25)28(35)24-12-14-32(15-13-24)16-17-33-26-6-1-2-7-27(26)34(29(33)36)20-22-5-3-4-21(18-22)19-31/h1-11,18,24H,12-17,20H2. The number of nitriles is 1. The van der Waals surface area contributed by atoms with E-state index in [0.29, 0.717) is 24.2 Å². The van der Waals surface area contributed by atoms with Gasteiger partial charge in [-0.2, -0.15) is 5.26 Å². The second-order valence-electron chi connectivity index (χ2n) is 9.31. The quantitative estimate of drug-likeness (QED) is 0.365. The molecule has 1 saturated heterocycles. The van der Waals surface area contributed by atoms with Crippen LogP contribution >= 0.6 is 0 Å². The Kier molecular flexibility index (Phi) is 6.79. The first-order valence-corrected chi connectivity index (χ1v) is 12.2. The van der Waals surface area contributed by atoms with Crippen LogP contribution in [0.3, 0.4) is 0 Å². The van der Waals surface area contributed by atoms with Gasteiger partial charge in [-0.05, 0) is 80.0 Å². The van der Waals surface area contributed by atoms with E-state index < -0.39 is 0 Å². The molecular formula is C29H27FN4O2. The first-order chi connectivity index (χ1) is 17.5. The van der Waals surface area contributed by atoms with Crippen molar-refractivity contribution in [1.82, 2.24) is 14.0 Å². The highest BCUT2D eigenvalue weighted by Crippen LogP contribution is 2.22. The summed E-state index contributed by atoms with van der Waals surface area (Å²) in [7, 11) is 0. The number of carbonyl (C=O) groups excluding carboxylic acids is 1. The van der Waals surface area contributed by atoms with Gasteiger partial charge in [0.15, 0.2) is 5.78 Å². The van der Waals surface area contributed by atoms with Crippen molar-refractivity contribution in [2.45, 2.75) is 25.9 Å². The summed E-state index contributed by atoms with van der Waals surface area (Å²) in [6, 6.07) is 23.0. The average Bonchev–Trinajstić information content (AvgIpc) is 3.18. The number of para-hydroxylation sites is 2. The van der Waals surface area contributed by atoms with E-state index in [0.717, 1.165) is 49.1 Å². The molecule has 1 aliphatic heterocycles. The third-order valence-corrected chi connectivity index (χ3v) is 7.05. The van der Waals surface area contributed by atoms with Crippen molar-refractivity contribution >= 4 is 16.8 Å². The van der Waals surface area contributed by atoms with Crippen molar-refractivity contribution in [2.24, 2.45) is 5.92 Å². The molecule has 0 unspecified atom stereocenters. The smallest absolute Gasteiger partial charge is 0.302 e. The van der Waals surface area contributed by atoms with E-state index in [1.807, 2.05) is 47.0 Å². The molecule has 1 aliphatic rings. The van der Waals surface area contributed by atoms with E-state index in [-0.39, 0.29) is 23.2 Å². The van der Waals surface area contributed by atoms with Crippen LogP contribution in [0.2, 0.25) is 0 Å². The molecule has 0 radical (unpaired) electrons.